The zero-order valence-corrected chi connectivity index (χ0v) is 14.7. The van der Waals surface area contributed by atoms with Crippen LogP contribution in [0, 0.1) is 6.92 Å². The van der Waals surface area contributed by atoms with Crippen molar-refractivity contribution in [2.24, 2.45) is 5.73 Å². The first-order valence-corrected chi connectivity index (χ1v) is 8.51. The average Bonchev–Trinajstić information content (AvgIpc) is 2.65. The molecule has 1 atom stereocenters. The first kappa shape index (κ1) is 17.8. The van der Waals surface area contributed by atoms with Crippen LogP contribution in [0.5, 0.6) is 0 Å². The summed E-state index contributed by atoms with van der Waals surface area (Å²) in [5.74, 6) is -0.356. The van der Waals surface area contributed by atoms with Crippen molar-refractivity contribution in [2.75, 3.05) is 6.54 Å². The summed E-state index contributed by atoms with van der Waals surface area (Å²) in [7, 11) is 0. The molecule has 0 aliphatic heterocycles. The van der Waals surface area contributed by atoms with Crippen molar-refractivity contribution in [2.45, 2.75) is 19.5 Å². The van der Waals surface area contributed by atoms with Crippen molar-refractivity contribution in [3.05, 3.63) is 95.6 Å². The van der Waals surface area contributed by atoms with Crippen molar-refractivity contribution in [3.8, 4) is 0 Å². The number of primary amides is 1. The molecule has 1 unspecified atom stereocenters. The Hall–Kier alpha value is -3.05. The number of aryl methyl sites for hydroxylation is 1. The van der Waals surface area contributed by atoms with Crippen LogP contribution in [0.3, 0.4) is 0 Å². The van der Waals surface area contributed by atoms with Crippen LogP contribution >= 0.6 is 0 Å². The van der Waals surface area contributed by atoms with Gasteiger partial charge in [-0.25, -0.2) is 0 Å². The monoisotopic (exact) mass is 346 g/mol. The molecule has 5 heteroatoms. The van der Waals surface area contributed by atoms with Gasteiger partial charge in [0.05, 0.1) is 12.6 Å². The highest BCUT2D eigenvalue weighted by Gasteiger charge is 2.24. The van der Waals surface area contributed by atoms with Crippen LogP contribution in [-0.4, -0.2) is 27.3 Å². The van der Waals surface area contributed by atoms with Gasteiger partial charge in [0.2, 0.25) is 5.91 Å². The summed E-state index contributed by atoms with van der Waals surface area (Å²) in [6.45, 7) is 2.80. The molecule has 0 fully saturated rings. The van der Waals surface area contributed by atoms with Crippen LogP contribution in [0.1, 0.15) is 28.3 Å². The van der Waals surface area contributed by atoms with Gasteiger partial charge in [0, 0.05) is 31.3 Å². The Morgan fingerprint density at radius 2 is 1.46 bits per heavy atom. The highest BCUT2D eigenvalue weighted by Crippen LogP contribution is 2.29. The molecule has 0 saturated carbocycles. The Kier molecular flexibility index (Phi) is 5.71. The van der Waals surface area contributed by atoms with Gasteiger partial charge < -0.3 is 5.73 Å². The molecular formula is C21H22N4O. The number of nitrogens with two attached hydrogens (primary N) is 1. The fourth-order valence-corrected chi connectivity index (χ4v) is 3.07. The largest absolute Gasteiger partial charge is 0.369 e. The lowest BCUT2D eigenvalue weighted by Crippen LogP contribution is -2.37. The number of hydrogen-bond acceptors (Lipinski definition) is 4. The van der Waals surface area contributed by atoms with Crippen LogP contribution in [0.15, 0.2) is 73.3 Å². The Labute approximate surface area is 153 Å². The SMILES string of the molecule is Cc1ccc(C(c2ccncc2)N(CC(N)=O)Cc2ccncc2)cc1. The Morgan fingerprint density at radius 3 is 2.04 bits per heavy atom. The van der Waals surface area contributed by atoms with E-state index in [0.29, 0.717) is 6.54 Å². The van der Waals surface area contributed by atoms with Gasteiger partial charge in [0.15, 0.2) is 0 Å². The van der Waals surface area contributed by atoms with E-state index >= 15 is 0 Å². The van der Waals surface area contributed by atoms with Crippen LogP contribution in [0.25, 0.3) is 0 Å². The van der Waals surface area contributed by atoms with Gasteiger partial charge in [0.25, 0.3) is 0 Å². The van der Waals surface area contributed by atoms with Crippen molar-refractivity contribution < 1.29 is 4.79 Å². The molecule has 2 aromatic heterocycles. The molecule has 2 heterocycles. The van der Waals surface area contributed by atoms with Crippen molar-refractivity contribution >= 4 is 5.91 Å². The quantitative estimate of drug-likeness (QED) is 0.714. The van der Waals surface area contributed by atoms with Crippen molar-refractivity contribution in [1.29, 1.82) is 0 Å². The van der Waals surface area contributed by atoms with E-state index in [1.54, 1.807) is 24.8 Å². The predicted molar refractivity (Wildman–Crippen MR) is 101 cm³/mol. The number of pyridine rings is 2. The molecule has 1 aromatic carbocycles. The van der Waals surface area contributed by atoms with Gasteiger partial charge in [-0.2, -0.15) is 0 Å². The molecule has 132 valence electrons. The van der Waals surface area contributed by atoms with E-state index in [2.05, 4.69) is 46.1 Å². The van der Waals surface area contributed by atoms with Crippen LogP contribution in [-0.2, 0) is 11.3 Å². The summed E-state index contributed by atoms with van der Waals surface area (Å²) in [6.07, 6.45) is 7.05. The number of aromatic nitrogens is 2. The summed E-state index contributed by atoms with van der Waals surface area (Å²) in [5.41, 5.74) is 10.0. The van der Waals surface area contributed by atoms with Gasteiger partial charge in [-0.1, -0.05) is 29.8 Å². The van der Waals surface area contributed by atoms with E-state index in [-0.39, 0.29) is 18.5 Å². The maximum Gasteiger partial charge on any atom is 0.231 e. The summed E-state index contributed by atoms with van der Waals surface area (Å²) in [4.78, 5) is 22.0. The number of rotatable bonds is 7. The van der Waals surface area contributed by atoms with Crippen LogP contribution < -0.4 is 5.73 Å². The second-order valence-corrected chi connectivity index (χ2v) is 6.32. The zero-order chi connectivity index (χ0) is 18.4. The van der Waals surface area contributed by atoms with Crippen LogP contribution in [0.4, 0.5) is 0 Å². The Bertz CT molecular complexity index is 835. The minimum atomic E-state index is -0.356. The molecule has 1 amide bonds. The molecule has 5 nitrogen and oxygen atoms in total. The van der Waals surface area contributed by atoms with Crippen molar-refractivity contribution in [3.63, 3.8) is 0 Å². The maximum atomic E-state index is 11.8. The summed E-state index contributed by atoms with van der Waals surface area (Å²) in [6, 6.07) is 16.1. The molecule has 26 heavy (non-hydrogen) atoms. The van der Waals surface area contributed by atoms with Gasteiger partial charge >= 0.3 is 0 Å². The van der Waals surface area contributed by atoms with E-state index < -0.39 is 0 Å². The lowest BCUT2D eigenvalue weighted by molar-refractivity contribution is -0.119. The number of hydrogen-bond donors (Lipinski definition) is 1. The topological polar surface area (TPSA) is 72.1 Å². The highest BCUT2D eigenvalue weighted by molar-refractivity contribution is 5.76. The van der Waals surface area contributed by atoms with E-state index in [4.69, 9.17) is 5.73 Å². The Balaban J connectivity index is 2.03. The number of carbonyl (C=O) groups is 1. The molecule has 0 saturated heterocycles. The minimum absolute atomic E-state index is 0.0979. The number of carbonyl (C=O) groups excluding carboxylic acids is 1. The Morgan fingerprint density at radius 1 is 0.923 bits per heavy atom. The third-order valence-electron chi connectivity index (χ3n) is 4.27. The smallest absolute Gasteiger partial charge is 0.231 e. The molecule has 0 aliphatic carbocycles. The molecule has 0 bridgehead atoms. The maximum absolute atomic E-state index is 11.8. The first-order valence-electron chi connectivity index (χ1n) is 8.51. The van der Waals surface area contributed by atoms with Crippen molar-refractivity contribution in [1.82, 2.24) is 14.9 Å². The molecule has 2 N–H and O–H groups in total. The zero-order valence-electron chi connectivity index (χ0n) is 14.7. The first-order chi connectivity index (χ1) is 12.6. The van der Waals surface area contributed by atoms with Gasteiger partial charge in [-0.15, -0.1) is 0 Å². The van der Waals surface area contributed by atoms with Gasteiger partial charge in [-0.05, 0) is 47.9 Å². The molecular weight excluding hydrogens is 324 g/mol. The van der Waals surface area contributed by atoms with E-state index in [0.717, 1.165) is 16.7 Å². The number of amides is 1. The number of nitrogens with zero attached hydrogens (tertiary/aromatic N) is 3. The summed E-state index contributed by atoms with van der Waals surface area (Å²) >= 11 is 0. The predicted octanol–water partition coefficient (Wildman–Crippen LogP) is 2.86. The number of benzene rings is 1. The van der Waals surface area contributed by atoms with Gasteiger partial charge in [0.1, 0.15) is 0 Å². The van der Waals surface area contributed by atoms with E-state index in [1.165, 1.54) is 5.56 Å². The van der Waals surface area contributed by atoms with Gasteiger partial charge in [-0.3, -0.25) is 19.7 Å². The second kappa shape index (κ2) is 8.36. The molecule has 0 spiro atoms. The van der Waals surface area contributed by atoms with E-state index in [1.807, 2.05) is 24.3 Å². The lowest BCUT2D eigenvalue weighted by atomic mass is 9.96. The standard InChI is InChI=1S/C21H22N4O/c1-16-2-4-18(5-3-16)21(19-8-12-24-13-9-19)25(15-20(22)26)14-17-6-10-23-11-7-17/h2-13,21H,14-15H2,1H3,(H2,22,26). The lowest BCUT2D eigenvalue weighted by Gasteiger charge is -2.31. The van der Waals surface area contributed by atoms with E-state index in [9.17, 15) is 4.79 Å². The molecule has 3 aromatic rings. The molecule has 3 rings (SSSR count). The minimum Gasteiger partial charge on any atom is -0.369 e. The second-order valence-electron chi connectivity index (χ2n) is 6.32. The highest BCUT2D eigenvalue weighted by atomic mass is 16.1. The summed E-state index contributed by atoms with van der Waals surface area (Å²) in [5, 5.41) is 0. The normalized spacial score (nSPS) is 12.1. The third kappa shape index (κ3) is 4.52. The third-order valence-corrected chi connectivity index (χ3v) is 4.27. The average molecular weight is 346 g/mol. The van der Waals surface area contributed by atoms with Crippen LogP contribution in [0.2, 0.25) is 0 Å². The molecule has 0 aliphatic rings. The molecule has 0 radical (unpaired) electrons. The fourth-order valence-electron chi connectivity index (χ4n) is 3.07. The summed E-state index contributed by atoms with van der Waals surface area (Å²) < 4.78 is 0. The fraction of sp³-hybridized carbons (Fsp3) is 0.190.